The number of phenolic OH excluding ortho intramolecular Hbond substituents is 1. The first-order valence-corrected chi connectivity index (χ1v) is 11.5. The summed E-state index contributed by atoms with van der Waals surface area (Å²) in [5, 5.41) is 22.0. The highest BCUT2D eigenvalue weighted by Crippen LogP contribution is 2.40. The van der Waals surface area contributed by atoms with E-state index in [2.05, 4.69) is 0 Å². The van der Waals surface area contributed by atoms with Gasteiger partial charge in [0.2, 0.25) is 5.75 Å². The number of aromatic hydroxyl groups is 1. The number of rotatable bonds is 5. The van der Waals surface area contributed by atoms with E-state index in [0.717, 1.165) is 31.2 Å². The Labute approximate surface area is 190 Å². The average Bonchev–Trinajstić information content (AvgIpc) is 3.04. The Morgan fingerprint density at radius 3 is 2.55 bits per heavy atom. The number of hydrogen-bond acceptors (Lipinski definition) is 6. The van der Waals surface area contributed by atoms with E-state index in [1.54, 1.807) is 11.0 Å². The van der Waals surface area contributed by atoms with Gasteiger partial charge in [-0.05, 0) is 42.5 Å². The van der Waals surface area contributed by atoms with E-state index in [9.17, 15) is 20.0 Å². The molecule has 160 valence electrons. The van der Waals surface area contributed by atoms with Crippen molar-refractivity contribution in [2.75, 3.05) is 0 Å². The van der Waals surface area contributed by atoms with Crippen molar-refractivity contribution in [3.8, 4) is 5.75 Å². The minimum atomic E-state index is -0.603. The van der Waals surface area contributed by atoms with E-state index in [0.29, 0.717) is 21.2 Å². The van der Waals surface area contributed by atoms with Crippen molar-refractivity contribution >= 4 is 46.0 Å². The number of phenols is 1. The zero-order valence-corrected chi connectivity index (χ0v) is 18.5. The lowest BCUT2D eigenvalue weighted by atomic mass is 9.94. The van der Waals surface area contributed by atoms with Gasteiger partial charge in [0.25, 0.3) is 5.91 Å². The third-order valence-electron chi connectivity index (χ3n) is 5.68. The monoisotopic (exact) mass is 454 g/mol. The molecule has 6 nitrogen and oxygen atoms in total. The molecule has 1 heterocycles. The Morgan fingerprint density at radius 1 is 1.16 bits per heavy atom. The number of carbonyl (C=O) groups is 1. The molecule has 4 rings (SSSR count). The molecular weight excluding hydrogens is 432 g/mol. The molecule has 0 unspecified atom stereocenters. The average molecular weight is 455 g/mol. The van der Waals surface area contributed by atoms with Crippen LogP contribution in [0.4, 0.5) is 5.69 Å². The van der Waals surface area contributed by atoms with Gasteiger partial charge < -0.3 is 5.11 Å². The van der Waals surface area contributed by atoms with Crippen LogP contribution in [0.2, 0.25) is 0 Å². The van der Waals surface area contributed by atoms with Crippen molar-refractivity contribution in [1.29, 1.82) is 0 Å². The Hall–Kier alpha value is -2.71. The summed E-state index contributed by atoms with van der Waals surface area (Å²) in [5.74, 6) is -0.623. The highest BCUT2D eigenvalue weighted by atomic mass is 32.2. The first-order chi connectivity index (χ1) is 14.9. The molecule has 1 amide bonds. The smallest absolute Gasteiger partial charge is 0.311 e. The second-order valence-electron chi connectivity index (χ2n) is 7.82. The summed E-state index contributed by atoms with van der Waals surface area (Å²) in [5.41, 5.74) is 1.56. The number of nitro benzene ring substituents is 1. The third-order valence-corrected chi connectivity index (χ3v) is 7.01. The van der Waals surface area contributed by atoms with Gasteiger partial charge in [0.05, 0.1) is 9.83 Å². The minimum absolute atomic E-state index is 0.111. The van der Waals surface area contributed by atoms with Gasteiger partial charge in [-0.3, -0.25) is 19.8 Å². The lowest BCUT2D eigenvalue weighted by Gasteiger charge is -2.29. The zero-order valence-electron chi connectivity index (χ0n) is 16.8. The van der Waals surface area contributed by atoms with Crippen molar-refractivity contribution in [1.82, 2.24) is 4.90 Å². The van der Waals surface area contributed by atoms with Crippen LogP contribution in [0.3, 0.4) is 0 Å². The standard InChI is InChI=1S/C23H22N2O4S2/c26-21-17(12-16(13-19(21)25(28)29)11-15-7-3-1-4-8-15)14-20-22(27)24(23(30)31-20)18-9-5-2-6-10-18/h1,3-4,7-8,12-14,18,26H,2,5-6,9-11H2/b20-14+. The highest BCUT2D eigenvalue weighted by molar-refractivity contribution is 8.26. The number of nitro groups is 1. The Kier molecular flexibility index (Phi) is 6.38. The van der Waals surface area contributed by atoms with E-state index in [4.69, 9.17) is 12.2 Å². The minimum Gasteiger partial charge on any atom is -0.502 e. The maximum Gasteiger partial charge on any atom is 0.311 e. The highest BCUT2D eigenvalue weighted by Gasteiger charge is 2.37. The molecule has 0 bridgehead atoms. The summed E-state index contributed by atoms with van der Waals surface area (Å²) in [6.45, 7) is 0. The molecule has 2 aliphatic rings. The van der Waals surface area contributed by atoms with Crippen LogP contribution in [0.1, 0.15) is 48.8 Å². The van der Waals surface area contributed by atoms with Crippen molar-refractivity contribution in [2.24, 2.45) is 0 Å². The molecule has 2 aromatic carbocycles. The van der Waals surface area contributed by atoms with Crippen molar-refractivity contribution < 1.29 is 14.8 Å². The summed E-state index contributed by atoms with van der Waals surface area (Å²) in [4.78, 5) is 26.0. The van der Waals surface area contributed by atoms with E-state index in [1.165, 1.54) is 30.3 Å². The molecule has 2 aromatic rings. The van der Waals surface area contributed by atoms with Crippen LogP contribution in [0.15, 0.2) is 47.4 Å². The zero-order chi connectivity index (χ0) is 22.0. The number of thiocarbonyl (C=S) groups is 1. The summed E-state index contributed by atoms with van der Waals surface area (Å²) in [7, 11) is 0. The van der Waals surface area contributed by atoms with Gasteiger partial charge in [-0.25, -0.2) is 0 Å². The van der Waals surface area contributed by atoms with E-state index in [1.807, 2.05) is 30.3 Å². The van der Waals surface area contributed by atoms with Crippen molar-refractivity contribution in [3.05, 3.63) is 74.2 Å². The molecule has 0 radical (unpaired) electrons. The van der Waals surface area contributed by atoms with Gasteiger partial charge in [0.15, 0.2) is 0 Å². The largest absolute Gasteiger partial charge is 0.502 e. The van der Waals surface area contributed by atoms with Crippen molar-refractivity contribution in [3.63, 3.8) is 0 Å². The summed E-state index contributed by atoms with van der Waals surface area (Å²) in [6.07, 6.45) is 7.20. The molecule has 1 aliphatic carbocycles. The number of thioether (sulfide) groups is 1. The van der Waals surface area contributed by atoms with Crippen molar-refractivity contribution in [2.45, 2.75) is 44.6 Å². The predicted octanol–water partition coefficient (Wildman–Crippen LogP) is 5.43. The molecule has 1 saturated carbocycles. The number of nitrogens with zero attached hydrogens (tertiary/aromatic N) is 2. The van der Waals surface area contributed by atoms with Crippen LogP contribution in [0.25, 0.3) is 6.08 Å². The number of hydrogen-bond donors (Lipinski definition) is 1. The molecule has 1 N–H and O–H groups in total. The van der Waals surface area contributed by atoms with Crippen LogP contribution in [-0.4, -0.2) is 31.2 Å². The quantitative estimate of drug-likeness (QED) is 0.281. The maximum absolute atomic E-state index is 13.1. The Bertz CT molecular complexity index is 1060. The molecule has 31 heavy (non-hydrogen) atoms. The Morgan fingerprint density at radius 2 is 1.87 bits per heavy atom. The van der Waals surface area contributed by atoms with Gasteiger partial charge >= 0.3 is 5.69 Å². The van der Waals surface area contributed by atoms with Crippen LogP contribution in [-0.2, 0) is 11.2 Å². The van der Waals surface area contributed by atoms with E-state index < -0.39 is 10.7 Å². The van der Waals surface area contributed by atoms with E-state index in [-0.39, 0.29) is 23.2 Å². The van der Waals surface area contributed by atoms with Gasteiger partial charge in [0, 0.05) is 17.7 Å². The summed E-state index contributed by atoms with van der Waals surface area (Å²) < 4.78 is 0.512. The SMILES string of the molecule is O=C1/C(=C\c2cc(Cc3ccccc3)cc([N+](=O)[O-])c2O)SC(=S)N1C1CCCCC1. The molecular formula is C23H22N2O4S2. The maximum atomic E-state index is 13.1. The van der Waals surface area contributed by atoms with Crippen LogP contribution in [0.5, 0.6) is 5.75 Å². The fourth-order valence-corrected chi connectivity index (χ4v) is 5.55. The fourth-order valence-electron chi connectivity index (χ4n) is 4.16. The summed E-state index contributed by atoms with van der Waals surface area (Å²) in [6, 6.07) is 12.8. The first-order valence-electron chi connectivity index (χ1n) is 10.3. The third kappa shape index (κ3) is 4.65. The van der Waals surface area contributed by atoms with Crippen LogP contribution >= 0.6 is 24.0 Å². The van der Waals surface area contributed by atoms with Gasteiger partial charge in [-0.15, -0.1) is 0 Å². The number of carbonyl (C=O) groups excluding carboxylic acids is 1. The Balaban J connectivity index is 1.68. The predicted molar refractivity (Wildman–Crippen MR) is 126 cm³/mol. The molecule has 0 atom stereocenters. The van der Waals surface area contributed by atoms with Crippen LogP contribution < -0.4 is 0 Å². The first kappa shape index (κ1) is 21.5. The topological polar surface area (TPSA) is 83.7 Å². The van der Waals surface area contributed by atoms with Gasteiger partial charge in [0.1, 0.15) is 4.32 Å². The fraction of sp³-hybridized carbons (Fsp3) is 0.304. The molecule has 0 aromatic heterocycles. The van der Waals surface area contributed by atoms with E-state index >= 15 is 0 Å². The second kappa shape index (κ2) is 9.20. The molecule has 1 saturated heterocycles. The molecule has 1 aliphatic heterocycles. The normalized spacial score (nSPS) is 18.7. The second-order valence-corrected chi connectivity index (χ2v) is 9.49. The molecule has 2 fully saturated rings. The lowest BCUT2D eigenvalue weighted by molar-refractivity contribution is -0.385. The van der Waals surface area contributed by atoms with Crippen LogP contribution in [0, 0.1) is 10.1 Å². The number of amides is 1. The summed E-state index contributed by atoms with van der Waals surface area (Å²) >= 11 is 6.65. The van der Waals surface area contributed by atoms with Gasteiger partial charge in [-0.1, -0.05) is 73.6 Å². The van der Waals surface area contributed by atoms with Gasteiger partial charge in [-0.2, -0.15) is 0 Å². The lowest BCUT2D eigenvalue weighted by Crippen LogP contribution is -2.39. The molecule has 0 spiro atoms. The number of benzene rings is 2. The molecule has 8 heteroatoms.